The van der Waals surface area contributed by atoms with Crippen molar-refractivity contribution in [2.45, 2.75) is 32.2 Å². The van der Waals surface area contributed by atoms with Crippen molar-refractivity contribution in [3.05, 3.63) is 47.5 Å². The zero-order valence-corrected chi connectivity index (χ0v) is 17.2. The number of ketones is 1. The van der Waals surface area contributed by atoms with E-state index >= 15 is 0 Å². The van der Waals surface area contributed by atoms with E-state index in [0.717, 1.165) is 17.7 Å². The Morgan fingerprint density at radius 3 is 2.65 bits per heavy atom. The summed E-state index contributed by atoms with van der Waals surface area (Å²) in [6.07, 6.45) is -4.21. The van der Waals surface area contributed by atoms with Gasteiger partial charge in [-0.05, 0) is 61.7 Å². The van der Waals surface area contributed by atoms with Crippen LogP contribution in [0, 0.1) is 0 Å². The molecule has 168 valence electrons. The highest BCUT2D eigenvalue weighted by Gasteiger charge is 2.31. The van der Waals surface area contributed by atoms with Crippen LogP contribution in [0.5, 0.6) is 17.2 Å². The Hall–Kier alpha value is -2.94. The molecule has 6 nitrogen and oxygen atoms in total. The summed E-state index contributed by atoms with van der Waals surface area (Å²) >= 11 is 0. The Bertz CT molecular complexity index is 932. The van der Waals surface area contributed by atoms with E-state index in [4.69, 9.17) is 9.47 Å². The number of hydrogen-bond donors (Lipinski definition) is 1. The third-order valence-corrected chi connectivity index (χ3v) is 4.93. The summed E-state index contributed by atoms with van der Waals surface area (Å²) < 4.78 is 52.3. The van der Waals surface area contributed by atoms with E-state index in [1.54, 1.807) is 24.3 Å². The van der Waals surface area contributed by atoms with E-state index in [9.17, 15) is 23.1 Å². The predicted octanol–water partition coefficient (Wildman–Crippen LogP) is 3.99. The first-order valence-electron chi connectivity index (χ1n) is 9.79. The SMILES string of the molecule is COc1cc(C(C)=O)ccc1OCC(O)CN1CCCc2cc(OC(F)(F)F)ccc21. The van der Waals surface area contributed by atoms with Crippen LogP contribution in [0.1, 0.15) is 29.3 Å². The number of alkyl halides is 3. The van der Waals surface area contributed by atoms with Crippen molar-refractivity contribution in [1.29, 1.82) is 0 Å². The lowest BCUT2D eigenvalue weighted by atomic mass is 10.0. The first kappa shape index (κ1) is 22.7. The number of ether oxygens (including phenoxy) is 3. The highest BCUT2D eigenvalue weighted by Crippen LogP contribution is 2.33. The molecule has 0 saturated heterocycles. The number of Topliss-reactive ketones (excluding diaryl/α,β-unsaturated/α-hetero) is 1. The molecule has 0 amide bonds. The van der Waals surface area contributed by atoms with Crippen LogP contribution in [0.2, 0.25) is 0 Å². The van der Waals surface area contributed by atoms with Gasteiger partial charge in [0.1, 0.15) is 18.5 Å². The molecule has 2 aromatic carbocycles. The molecule has 0 aliphatic carbocycles. The van der Waals surface area contributed by atoms with Crippen LogP contribution in [0.4, 0.5) is 18.9 Å². The fourth-order valence-corrected chi connectivity index (χ4v) is 3.54. The standard InChI is InChI=1S/C22H24F3NO5/c1-14(27)15-5-8-20(21(11-15)29-2)30-13-17(28)12-26-9-3-4-16-10-18(6-7-19(16)26)31-22(23,24)25/h5-8,10-11,17,28H,3-4,9,12-13H2,1-2H3. The fraction of sp³-hybridized carbons (Fsp3) is 0.409. The quantitative estimate of drug-likeness (QED) is 0.628. The largest absolute Gasteiger partial charge is 0.573 e. The van der Waals surface area contributed by atoms with Gasteiger partial charge in [0, 0.05) is 24.3 Å². The summed E-state index contributed by atoms with van der Waals surface area (Å²) in [5.74, 6) is 0.440. The minimum atomic E-state index is -4.74. The lowest BCUT2D eigenvalue weighted by Gasteiger charge is -2.33. The molecule has 1 N–H and O–H groups in total. The molecule has 0 fully saturated rings. The van der Waals surface area contributed by atoms with Gasteiger partial charge in [0.25, 0.3) is 0 Å². The van der Waals surface area contributed by atoms with Crippen molar-refractivity contribution < 1.29 is 37.3 Å². The third-order valence-electron chi connectivity index (χ3n) is 4.93. The molecule has 1 atom stereocenters. The van der Waals surface area contributed by atoms with Crippen LogP contribution in [-0.2, 0) is 6.42 Å². The monoisotopic (exact) mass is 439 g/mol. The Morgan fingerprint density at radius 1 is 1.19 bits per heavy atom. The van der Waals surface area contributed by atoms with Gasteiger partial charge in [0.05, 0.1) is 7.11 Å². The van der Waals surface area contributed by atoms with E-state index in [1.165, 1.54) is 26.2 Å². The molecule has 31 heavy (non-hydrogen) atoms. The van der Waals surface area contributed by atoms with E-state index in [2.05, 4.69) is 4.74 Å². The van der Waals surface area contributed by atoms with Gasteiger partial charge in [-0.1, -0.05) is 0 Å². The summed E-state index contributed by atoms with van der Waals surface area (Å²) in [6, 6.07) is 9.04. The molecule has 0 radical (unpaired) electrons. The van der Waals surface area contributed by atoms with Crippen molar-refractivity contribution in [3.8, 4) is 17.2 Å². The molecule has 2 aromatic rings. The van der Waals surface area contributed by atoms with Crippen molar-refractivity contribution in [3.63, 3.8) is 0 Å². The van der Waals surface area contributed by atoms with E-state index in [-0.39, 0.29) is 24.7 Å². The van der Waals surface area contributed by atoms with Crippen molar-refractivity contribution in [2.24, 2.45) is 0 Å². The molecule has 0 spiro atoms. The molecule has 0 bridgehead atoms. The van der Waals surface area contributed by atoms with E-state index in [1.807, 2.05) is 4.90 Å². The number of aliphatic hydroxyl groups excluding tert-OH is 1. The number of methoxy groups -OCH3 is 1. The second-order valence-electron chi connectivity index (χ2n) is 7.27. The van der Waals surface area contributed by atoms with Crippen molar-refractivity contribution in [1.82, 2.24) is 0 Å². The average molecular weight is 439 g/mol. The Labute approximate surface area is 178 Å². The number of aliphatic hydroxyl groups is 1. The lowest BCUT2D eigenvalue weighted by molar-refractivity contribution is -0.274. The maximum atomic E-state index is 12.5. The summed E-state index contributed by atoms with van der Waals surface area (Å²) in [5, 5.41) is 10.5. The third kappa shape index (κ3) is 6.04. The Kier molecular flexibility index (Phi) is 6.94. The highest BCUT2D eigenvalue weighted by atomic mass is 19.4. The number of nitrogens with zero attached hydrogens (tertiary/aromatic N) is 1. The average Bonchev–Trinajstić information content (AvgIpc) is 2.70. The number of β-amino-alcohol motifs (C(OH)–C–C–N with tert-alkyl or cyclic N) is 1. The second kappa shape index (κ2) is 9.47. The summed E-state index contributed by atoms with van der Waals surface area (Å²) in [5.41, 5.74) is 1.99. The predicted molar refractivity (Wildman–Crippen MR) is 108 cm³/mol. The fourth-order valence-electron chi connectivity index (χ4n) is 3.54. The number of aryl methyl sites for hydroxylation is 1. The molecule has 1 aliphatic rings. The number of anilines is 1. The van der Waals surface area contributed by atoms with Gasteiger partial charge in [-0.3, -0.25) is 4.79 Å². The number of rotatable bonds is 8. The zero-order valence-electron chi connectivity index (χ0n) is 17.2. The minimum absolute atomic E-state index is 0.0170. The van der Waals surface area contributed by atoms with Crippen molar-refractivity contribution >= 4 is 11.5 Å². The van der Waals surface area contributed by atoms with Crippen LogP contribution >= 0.6 is 0 Å². The van der Waals surface area contributed by atoms with Crippen LogP contribution < -0.4 is 19.1 Å². The zero-order chi connectivity index (χ0) is 22.6. The molecule has 9 heteroatoms. The van der Waals surface area contributed by atoms with Gasteiger partial charge < -0.3 is 24.2 Å². The van der Waals surface area contributed by atoms with Crippen molar-refractivity contribution in [2.75, 3.05) is 31.7 Å². The van der Waals surface area contributed by atoms with Gasteiger partial charge in [-0.25, -0.2) is 0 Å². The normalized spacial score (nSPS) is 14.6. The van der Waals surface area contributed by atoms with Gasteiger partial charge in [-0.2, -0.15) is 0 Å². The van der Waals surface area contributed by atoms with Crippen LogP contribution in [0.3, 0.4) is 0 Å². The van der Waals surface area contributed by atoms with Gasteiger partial charge in [0.15, 0.2) is 17.3 Å². The van der Waals surface area contributed by atoms with Gasteiger partial charge >= 0.3 is 6.36 Å². The van der Waals surface area contributed by atoms with Gasteiger partial charge in [-0.15, -0.1) is 13.2 Å². The number of benzene rings is 2. The maximum Gasteiger partial charge on any atom is 0.573 e. The molecule has 0 aromatic heterocycles. The van der Waals surface area contributed by atoms with Crippen LogP contribution in [0.15, 0.2) is 36.4 Å². The molecule has 1 unspecified atom stereocenters. The summed E-state index contributed by atoms with van der Waals surface area (Å²) in [7, 11) is 1.46. The molecular formula is C22H24F3NO5. The Morgan fingerprint density at radius 2 is 1.97 bits per heavy atom. The molecule has 1 heterocycles. The summed E-state index contributed by atoms with van der Waals surface area (Å²) in [6.45, 7) is 2.35. The molecule has 3 rings (SSSR count). The number of carbonyl (C=O) groups is 1. The molecule has 0 saturated carbocycles. The molecule has 1 aliphatic heterocycles. The summed E-state index contributed by atoms with van der Waals surface area (Å²) in [4.78, 5) is 13.4. The highest BCUT2D eigenvalue weighted by molar-refractivity contribution is 5.94. The first-order chi connectivity index (χ1) is 14.7. The van der Waals surface area contributed by atoms with Gasteiger partial charge in [0.2, 0.25) is 0 Å². The van der Waals surface area contributed by atoms with Crippen LogP contribution in [0.25, 0.3) is 0 Å². The number of fused-ring (bicyclic) bond motifs is 1. The van der Waals surface area contributed by atoms with E-state index in [0.29, 0.717) is 30.0 Å². The van der Waals surface area contributed by atoms with E-state index < -0.39 is 12.5 Å². The lowest BCUT2D eigenvalue weighted by Crippen LogP contribution is -2.38. The van der Waals surface area contributed by atoms with Crippen LogP contribution in [-0.4, -0.2) is 50.2 Å². The number of hydrogen-bond acceptors (Lipinski definition) is 6. The number of halogens is 3. The minimum Gasteiger partial charge on any atom is -0.493 e. The second-order valence-corrected chi connectivity index (χ2v) is 7.27. The number of carbonyl (C=O) groups excluding carboxylic acids is 1. The first-order valence-corrected chi connectivity index (χ1v) is 9.79. The topological polar surface area (TPSA) is 68.2 Å². The maximum absolute atomic E-state index is 12.5. The smallest absolute Gasteiger partial charge is 0.493 e. The Balaban J connectivity index is 1.63. The molecular weight excluding hydrogens is 415 g/mol.